The number of aryl methyl sites for hydroxylation is 1. The van der Waals surface area contributed by atoms with Crippen molar-refractivity contribution >= 4 is 15.9 Å². The fraction of sp³-hybridized carbons (Fsp3) is 0.562. The van der Waals surface area contributed by atoms with Crippen molar-refractivity contribution in [2.24, 2.45) is 11.1 Å². The number of hydrogen-bond acceptors (Lipinski definition) is 3. The van der Waals surface area contributed by atoms with Crippen molar-refractivity contribution in [1.82, 2.24) is 4.90 Å². The monoisotopic (exact) mass is 322 g/mol. The van der Waals surface area contributed by atoms with Gasteiger partial charge in [0, 0.05) is 18.5 Å². The summed E-state index contributed by atoms with van der Waals surface area (Å²) in [6.07, 6.45) is 2.44. The molecule has 1 aromatic carbocycles. The third-order valence-electron chi connectivity index (χ3n) is 4.78. The zero-order chi connectivity index (χ0) is 15.9. The molecule has 5 nitrogen and oxygen atoms in total. The van der Waals surface area contributed by atoms with E-state index in [1.54, 1.807) is 4.90 Å². The van der Waals surface area contributed by atoms with Gasteiger partial charge in [-0.15, -0.1) is 0 Å². The normalized spacial score (nSPS) is 27.9. The highest BCUT2D eigenvalue weighted by Crippen LogP contribution is 2.50. The Hall–Kier alpha value is -1.40. The van der Waals surface area contributed by atoms with Gasteiger partial charge in [0.1, 0.15) is 0 Å². The van der Waals surface area contributed by atoms with E-state index < -0.39 is 10.0 Å². The summed E-state index contributed by atoms with van der Waals surface area (Å²) >= 11 is 0. The van der Waals surface area contributed by atoms with Gasteiger partial charge in [0.05, 0.1) is 5.75 Å². The van der Waals surface area contributed by atoms with E-state index in [0.717, 1.165) is 19.3 Å². The number of carbonyl (C=O) groups excluding carboxylic acids is 1. The molecule has 0 spiro atoms. The number of benzene rings is 1. The number of carbonyl (C=O) groups is 1. The largest absolute Gasteiger partial charge is 0.338 e. The van der Waals surface area contributed by atoms with Crippen LogP contribution in [0.1, 0.15) is 36.3 Å². The predicted octanol–water partition coefficient (Wildman–Crippen LogP) is 1.38. The fourth-order valence-corrected chi connectivity index (χ4v) is 4.48. The summed E-state index contributed by atoms with van der Waals surface area (Å²) in [5.41, 5.74) is 2.45. The van der Waals surface area contributed by atoms with Gasteiger partial charge in [0.25, 0.3) is 0 Å². The fourth-order valence-electron chi connectivity index (χ4n) is 3.59. The lowest BCUT2D eigenvalue weighted by Gasteiger charge is -2.24. The first-order valence-electron chi connectivity index (χ1n) is 7.73. The second-order valence-electron chi connectivity index (χ2n) is 6.46. The number of nitrogens with two attached hydrogens (primary N) is 1. The van der Waals surface area contributed by atoms with Gasteiger partial charge in [-0.1, -0.05) is 24.3 Å². The van der Waals surface area contributed by atoms with Gasteiger partial charge in [-0.25, -0.2) is 13.6 Å². The number of likely N-dealkylation sites (tertiary alicyclic amines) is 1. The maximum absolute atomic E-state index is 12.7. The van der Waals surface area contributed by atoms with Crippen LogP contribution < -0.4 is 5.14 Å². The SMILES string of the molecule is Cc1ccccc1[C@@H]1C[C@H]1C(=O)N1CCC[C@@H]1CS(N)(=O)=O. The van der Waals surface area contributed by atoms with Crippen molar-refractivity contribution in [3.05, 3.63) is 35.4 Å². The van der Waals surface area contributed by atoms with Gasteiger partial charge in [0.15, 0.2) is 0 Å². The van der Waals surface area contributed by atoms with Crippen LogP contribution in [0.15, 0.2) is 24.3 Å². The third kappa shape index (κ3) is 3.17. The third-order valence-corrected chi connectivity index (χ3v) is 5.63. The summed E-state index contributed by atoms with van der Waals surface area (Å²) in [7, 11) is -3.55. The Balaban J connectivity index is 1.69. The molecule has 6 heteroatoms. The van der Waals surface area contributed by atoms with Gasteiger partial charge >= 0.3 is 0 Å². The van der Waals surface area contributed by atoms with Crippen LogP contribution in [0.4, 0.5) is 0 Å². The van der Waals surface area contributed by atoms with Crippen LogP contribution in [0.2, 0.25) is 0 Å². The van der Waals surface area contributed by atoms with E-state index in [-0.39, 0.29) is 29.5 Å². The molecule has 3 atom stereocenters. The molecule has 2 aliphatic rings. The van der Waals surface area contributed by atoms with Crippen LogP contribution in [0, 0.1) is 12.8 Å². The van der Waals surface area contributed by atoms with Crippen LogP contribution >= 0.6 is 0 Å². The molecule has 1 saturated carbocycles. The number of amides is 1. The molecule has 2 fully saturated rings. The zero-order valence-corrected chi connectivity index (χ0v) is 13.6. The summed E-state index contributed by atoms with van der Waals surface area (Å²) < 4.78 is 22.6. The summed E-state index contributed by atoms with van der Waals surface area (Å²) in [4.78, 5) is 14.4. The quantitative estimate of drug-likeness (QED) is 0.909. The number of rotatable bonds is 4. The lowest BCUT2D eigenvalue weighted by atomic mass is 10.0. The number of primary sulfonamides is 1. The predicted molar refractivity (Wildman–Crippen MR) is 84.7 cm³/mol. The topological polar surface area (TPSA) is 80.5 Å². The van der Waals surface area contributed by atoms with Crippen LogP contribution in [-0.4, -0.2) is 37.6 Å². The minimum Gasteiger partial charge on any atom is -0.338 e. The van der Waals surface area contributed by atoms with Crippen molar-refractivity contribution in [3.63, 3.8) is 0 Å². The summed E-state index contributed by atoms with van der Waals surface area (Å²) in [5, 5.41) is 5.14. The Labute approximate surface area is 131 Å². The molecule has 1 aliphatic carbocycles. The Kier molecular flexibility index (Phi) is 3.99. The average molecular weight is 322 g/mol. The molecule has 0 aromatic heterocycles. The molecule has 0 unspecified atom stereocenters. The van der Waals surface area contributed by atoms with Crippen molar-refractivity contribution in [1.29, 1.82) is 0 Å². The first kappa shape index (κ1) is 15.5. The highest BCUT2D eigenvalue weighted by atomic mass is 32.2. The molecule has 1 heterocycles. The lowest BCUT2D eigenvalue weighted by molar-refractivity contribution is -0.133. The van der Waals surface area contributed by atoms with E-state index in [9.17, 15) is 13.2 Å². The molecule has 22 heavy (non-hydrogen) atoms. The molecule has 1 aliphatic heterocycles. The summed E-state index contributed by atoms with van der Waals surface area (Å²) in [5.74, 6) is 0.256. The van der Waals surface area contributed by atoms with Gasteiger partial charge in [-0.3, -0.25) is 4.79 Å². The Bertz CT molecular complexity index is 686. The number of sulfonamides is 1. The standard InChI is InChI=1S/C16H22N2O3S/c1-11-5-2-3-7-13(11)14-9-15(14)16(19)18-8-4-6-12(18)10-22(17,20)21/h2-3,5,7,12,14-15H,4,6,8-10H2,1H3,(H2,17,20,21)/t12-,14+,15-/m1/s1. The Morgan fingerprint density at radius 2 is 2.09 bits per heavy atom. The molecular weight excluding hydrogens is 300 g/mol. The first-order chi connectivity index (χ1) is 10.4. The van der Waals surface area contributed by atoms with Crippen LogP contribution in [-0.2, 0) is 14.8 Å². The molecule has 3 rings (SSSR count). The van der Waals surface area contributed by atoms with Crippen LogP contribution in [0.25, 0.3) is 0 Å². The molecule has 1 aromatic rings. The smallest absolute Gasteiger partial charge is 0.226 e. The van der Waals surface area contributed by atoms with Gasteiger partial charge in [-0.05, 0) is 43.2 Å². The number of nitrogens with zero attached hydrogens (tertiary/aromatic N) is 1. The maximum atomic E-state index is 12.7. The molecule has 120 valence electrons. The van der Waals surface area contributed by atoms with Crippen molar-refractivity contribution in [2.75, 3.05) is 12.3 Å². The molecule has 2 N–H and O–H groups in total. The zero-order valence-electron chi connectivity index (χ0n) is 12.7. The summed E-state index contributed by atoms with van der Waals surface area (Å²) in [6, 6.07) is 7.90. The van der Waals surface area contributed by atoms with E-state index in [1.165, 1.54) is 11.1 Å². The highest BCUT2D eigenvalue weighted by molar-refractivity contribution is 7.89. The second kappa shape index (κ2) is 5.66. The van der Waals surface area contributed by atoms with Crippen molar-refractivity contribution in [3.8, 4) is 0 Å². The molecular formula is C16H22N2O3S. The van der Waals surface area contributed by atoms with Gasteiger partial charge in [-0.2, -0.15) is 0 Å². The van der Waals surface area contributed by atoms with Gasteiger partial charge in [0.2, 0.25) is 15.9 Å². The maximum Gasteiger partial charge on any atom is 0.226 e. The Morgan fingerprint density at radius 1 is 1.36 bits per heavy atom. The second-order valence-corrected chi connectivity index (χ2v) is 8.12. The minimum atomic E-state index is -3.55. The molecule has 1 saturated heterocycles. The lowest BCUT2D eigenvalue weighted by Crippen LogP contribution is -2.42. The molecule has 0 bridgehead atoms. The minimum absolute atomic E-state index is 0.00202. The van der Waals surface area contributed by atoms with E-state index in [2.05, 4.69) is 19.1 Å². The Morgan fingerprint density at radius 3 is 2.77 bits per heavy atom. The van der Waals surface area contributed by atoms with Gasteiger partial charge < -0.3 is 4.90 Å². The molecule has 0 radical (unpaired) electrons. The molecule has 1 amide bonds. The summed E-state index contributed by atoms with van der Waals surface area (Å²) in [6.45, 7) is 2.71. The van der Waals surface area contributed by atoms with Crippen molar-refractivity contribution in [2.45, 2.75) is 38.1 Å². The van der Waals surface area contributed by atoms with E-state index in [4.69, 9.17) is 5.14 Å². The van der Waals surface area contributed by atoms with E-state index in [0.29, 0.717) is 6.54 Å². The van der Waals surface area contributed by atoms with E-state index >= 15 is 0 Å². The van der Waals surface area contributed by atoms with E-state index in [1.807, 2.05) is 12.1 Å². The first-order valence-corrected chi connectivity index (χ1v) is 9.45. The van der Waals surface area contributed by atoms with Crippen molar-refractivity contribution < 1.29 is 13.2 Å². The average Bonchev–Trinajstić information content (AvgIpc) is 3.10. The van der Waals surface area contributed by atoms with Crippen LogP contribution in [0.3, 0.4) is 0 Å². The highest BCUT2D eigenvalue weighted by Gasteiger charge is 2.48. The number of hydrogen-bond donors (Lipinski definition) is 1. The van der Waals surface area contributed by atoms with Crippen LogP contribution in [0.5, 0.6) is 0 Å².